The van der Waals surface area contributed by atoms with Crippen molar-refractivity contribution in [2.75, 3.05) is 19.0 Å². The van der Waals surface area contributed by atoms with E-state index in [-0.39, 0.29) is 22.6 Å². The lowest BCUT2D eigenvalue weighted by Gasteiger charge is -2.38. The highest BCUT2D eigenvalue weighted by atomic mass is 19.4. The number of alkyl halides is 3. The first-order valence-electron chi connectivity index (χ1n) is 7.91. The lowest BCUT2D eigenvalue weighted by atomic mass is 10.0. The molecule has 2 aromatic carbocycles. The molecule has 2 N–H and O–H groups in total. The Morgan fingerprint density at radius 1 is 1.32 bits per heavy atom. The molecule has 0 bridgehead atoms. The number of nitro benzene ring substituents is 1. The van der Waals surface area contributed by atoms with Crippen LogP contribution in [0.25, 0.3) is 0 Å². The standard InChI is InChI=1S/C17H14F3N3O5/c1-28-13-7-9(6-12(14(13)24)23(26)27)15-21-11-5-3-2-4-10(11)16(25)22(15)8-17(18,19)20/h2-7,15,21,24H,8H2,1H3/t15-/m0/s1. The Balaban J connectivity index is 2.16. The zero-order valence-corrected chi connectivity index (χ0v) is 14.4. The highest BCUT2D eigenvalue weighted by Crippen LogP contribution is 2.42. The fraction of sp³-hybridized carbons (Fsp3) is 0.235. The summed E-state index contributed by atoms with van der Waals surface area (Å²) in [5.74, 6) is -1.95. The Hall–Kier alpha value is -3.50. The maximum absolute atomic E-state index is 13.1. The Morgan fingerprint density at radius 2 is 2.00 bits per heavy atom. The average molecular weight is 397 g/mol. The molecule has 1 aliphatic rings. The number of carbonyl (C=O) groups is 1. The van der Waals surface area contributed by atoms with Gasteiger partial charge in [0.1, 0.15) is 12.7 Å². The molecule has 1 aliphatic heterocycles. The number of carbonyl (C=O) groups excluding carboxylic acids is 1. The van der Waals surface area contributed by atoms with Gasteiger partial charge >= 0.3 is 11.9 Å². The number of phenolic OH excluding ortho intramolecular Hbond substituents is 1. The van der Waals surface area contributed by atoms with E-state index in [1.807, 2.05) is 0 Å². The quantitative estimate of drug-likeness (QED) is 0.605. The van der Waals surface area contributed by atoms with Crippen molar-refractivity contribution in [2.45, 2.75) is 12.3 Å². The molecule has 1 atom stereocenters. The van der Waals surface area contributed by atoms with Crippen LogP contribution in [0.15, 0.2) is 36.4 Å². The number of rotatable bonds is 4. The van der Waals surface area contributed by atoms with Gasteiger partial charge in [-0.05, 0) is 18.2 Å². The zero-order valence-electron chi connectivity index (χ0n) is 14.4. The Morgan fingerprint density at radius 3 is 2.61 bits per heavy atom. The molecule has 0 aliphatic carbocycles. The molecule has 2 aromatic rings. The number of halogens is 3. The van der Waals surface area contributed by atoms with Crippen LogP contribution in [0.3, 0.4) is 0 Å². The minimum atomic E-state index is -4.70. The van der Waals surface area contributed by atoms with Gasteiger partial charge < -0.3 is 20.1 Å². The van der Waals surface area contributed by atoms with Crippen molar-refractivity contribution < 1.29 is 32.7 Å². The molecule has 0 fully saturated rings. The van der Waals surface area contributed by atoms with Crippen LogP contribution in [-0.2, 0) is 0 Å². The fourth-order valence-corrected chi connectivity index (χ4v) is 2.98. The molecular formula is C17H14F3N3O5. The minimum absolute atomic E-state index is 0.0447. The van der Waals surface area contributed by atoms with Crippen molar-refractivity contribution in [3.8, 4) is 11.5 Å². The Kier molecular flexibility index (Phi) is 4.75. The van der Waals surface area contributed by atoms with Crippen molar-refractivity contribution in [1.82, 2.24) is 4.90 Å². The third kappa shape index (κ3) is 3.50. The molecule has 0 spiro atoms. The smallest absolute Gasteiger partial charge is 0.406 e. The lowest BCUT2D eigenvalue weighted by Crippen LogP contribution is -2.47. The molecule has 28 heavy (non-hydrogen) atoms. The van der Waals surface area contributed by atoms with E-state index >= 15 is 0 Å². The predicted octanol–water partition coefficient (Wildman–Crippen LogP) is 3.44. The van der Waals surface area contributed by atoms with Crippen molar-refractivity contribution in [3.05, 3.63) is 57.6 Å². The highest BCUT2D eigenvalue weighted by Gasteiger charge is 2.41. The molecule has 0 unspecified atom stereocenters. The average Bonchev–Trinajstić information content (AvgIpc) is 2.63. The fourth-order valence-electron chi connectivity index (χ4n) is 2.98. The first-order valence-corrected chi connectivity index (χ1v) is 7.91. The number of nitro groups is 1. The van der Waals surface area contributed by atoms with Gasteiger partial charge in [-0.15, -0.1) is 0 Å². The number of nitrogens with one attached hydrogen (secondary N) is 1. The van der Waals surface area contributed by atoms with Gasteiger partial charge in [0.15, 0.2) is 5.75 Å². The van der Waals surface area contributed by atoms with Crippen LogP contribution >= 0.6 is 0 Å². The summed E-state index contributed by atoms with van der Waals surface area (Å²) in [5.41, 5.74) is -0.475. The summed E-state index contributed by atoms with van der Waals surface area (Å²) in [5, 5.41) is 23.9. The van der Waals surface area contributed by atoms with Crippen LogP contribution in [0.4, 0.5) is 24.5 Å². The van der Waals surface area contributed by atoms with Gasteiger partial charge in [-0.3, -0.25) is 14.9 Å². The number of hydrogen-bond acceptors (Lipinski definition) is 6. The lowest BCUT2D eigenvalue weighted by molar-refractivity contribution is -0.386. The Labute approximate surface area is 156 Å². The number of para-hydroxylation sites is 1. The molecule has 1 heterocycles. The normalized spacial score (nSPS) is 16.4. The Bertz CT molecular complexity index is 948. The van der Waals surface area contributed by atoms with E-state index in [9.17, 15) is 33.2 Å². The van der Waals surface area contributed by atoms with E-state index in [4.69, 9.17) is 4.74 Å². The number of aromatic hydroxyl groups is 1. The number of methoxy groups -OCH3 is 1. The van der Waals surface area contributed by atoms with Crippen LogP contribution in [0.5, 0.6) is 11.5 Å². The summed E-state index contributed by atoms with van der Waals surface area (Å²) >= 11 is 0. The van der Waals surface area contributed by atoms with E-state index in [0.29, 0.717) is 4.90 Å². The van der Waals surface area contributed by atoms with Gasteiger partial charge in [-0.1, -0.05) is 12.1 Å². The molecule has 0 saturated carbocycles. The van der Waals surface area contributed by atoms with Gasteiger partial charge in [-0.2, -0.15) is 13.2 Å². The summed E-state index contributed by atoms with van der Waals surface area (Å²) in [6.45, 7) is -1.57. The molecule has 1 amide bonds. The molecule has 0 aromatic heterocycles. The second-order valence-corrected chi connectivity index (χ2v) is 5.99. The number of ether oxygens (including phenoxy) is 1. The van der Waals surface area contributed by atoms with Crippen molar-refractivity contribution in [3.63, 3.8) is 0 Å². The number of hydrogen-bond donors (Lipinski definition) is 2. The summed E-state index contributed by atoms with van der Waals surface area (Å²) < 4.78 is 44.2. The van der Waals surface area contributed by atoms with Crippen LogP contribution < -0.4 is 10.1 Å². The molecule has 0 saturated heterocycles. The van der Waals surface area contributed by atoms with Gasteiger partial charge in [0, 0.05) is 17.3 Å². The second-order valence-electron chi connectivity index (χ2n) is 5.99. The zero-order chi connectivity index (χ0) is 20.6. The minimum Gasteiger partial charge on any atom is -0.500 e. The molecular weight excluding hydrogens is 383 g/mol. The summed E-state index contributed by atoms with van der Waals surface area (Å²) in [6.07, 6.45) is -6.06. The summed E-state index contributed by atoms with van der Waals surface area (Å²) in [6, 6.07) is 8.04. The maximum Gasteiger partial charge on any atom is 0.406 e. The number of benzene rings is 2. The van der Waals surface area contributed by atoms with E-state index in [0.717, 1.165) is 19.2 Å². The van der Waals surface area contributed by atoms with Crippen molar-refractivity contribution in [2.24, 2.45) is 0 Å². The first-order chi connectivity index (χ1) is 13.1. The monoisotopic (exact) mass is 397 g/mol. The molecule has 0 radical (unpaired) electrons. The van der Waals surface area contributed by atoms with Crippen LogP contribution in [0, 0.1) is 10.1 Å². The number of anilines is 1. The van der Waals surface area contributed by atoms with E-state index in [1.165, 1.54) is 18.2 Å². The van der Waals surface area contributed by atoms with Crippen LogP contribution in [-0.4, -0.2) is 40.7 Å². The van der Waals surface area contributed by atoms with Crippen molar-refractivity contribution >= 4 is 17.3 Å². The number of nitrogens with zero attached hydrogens (tertiary/aromatic N) is 2. The number of phenols is 1. The molecule has 3 rings (SSSR count). The largest absolute Gasteiger partial charge is 0.500 e. The van der Waals surface area contributed by atoms with Gasteiger partial charge in [0.25, 0.3) is 5.91 Å². The number of fused-ring (bicyclic) bond motifs is 1. The molecule has 8 nitrogen and oxygen atoms in total. The third-order valence-electron chi connectivity index (χ3n) is 4.18. The maximum atomic E-state index is 13.1. The summed E-state index contributed by atoms with van der Waals surface area (Å²) in [7, 11) is 1.14. The number of amides is 1. The second kappa shape index (κ2) is 6.91. The van der Waals surface area contributed by atoms with E-state index in [1.54, 1.807) is 6.07 Å². The van der Waals surface area contributed by atoms with Gasteiger partial charge in [0.2, 0.25) is 5.75 Å². The summed E-state index contributed by atoms with van der Waals surface area (Å²) in [4.78, 5) is 23.5. The van der Waals surface area contributed by atoms with Crippen LogP contribution in [0.1, 0.15) is 22.1 Å². The highest BCUT2D eigenvalue weighted by molar-refractivity contribution is 6.01. The van der Waals surface area contributed by atoms with E-state index < -0.39 is 41.2 Å². The van der Waals surface area contributed by atoms with Crippen LogP contribution in [0.2, 0.25) is 0 Å². The predicted molar refractivity (Wildman–Crippen MR) is 91.2 cm³/mol. The third-order valence-corrected chi connectivity index (χ3v) is 4.18. The first kappa shape index (κ1) is 19.3. The SMILES string of the molecule is COc1cc([C@H]2Nc3ccccc3C(=O)N2CC(F)(F)F)cc([N+](=O)[O-])c1O. The molecule has 148 valence electrons. The van der Waals surface area contributed by atoms with Crippen molar-refractivity contribution in [1.29, 1.82) is 0 Å². The van der Waals surface area contributed by atoms with Gasteiger partial charge in [-0.25, -0.2) is 0 Å². The van der Waals surface area contributed by atoms with E-state index in [2.05, 4.69) is 5.32 Å². The molecule has 11 heteroatoms. The topological polar surface area (TPSA) is 105 Å². The van der Waals surface area contributed by atoms with Gasteiger partial charge in [0.05, 0.1) is 17.6 Å².